The fourth-order valence-corrected chi connectivity index (χ4v) is 2.72. The van der Waals surface area contributed by atoms with Crippen molar-refractivity contribution in [2.45, 2.75) is 45.9 Å². The number of hydrogen-bond acceptors (Lipinski definition) is 3. The van der Waals surface area contributed by atoms with Gasteiger partial charge < -0.3 is 14.8 Å². The topological polar surface area (TPSA) is 30.5 Å². The number of nitrogens with one attached hydrogen (secondary N) is 1. The van der Waals surface area contributed by atoms with E-state index in [0.29, 0.717) is 18.8 Å². The lowest BCUT2D eigenvalue weighted by atomic mass is 9.64. The maximum atomic E-state index is 6.06. The molecule has 1 aliphatic rings. The fraction of sp³-hybridized carbons (Fsp3) is 0.625. The molecule has 1 aliphatic carbocycles. The number of ether oxygens (including phenoxy) is 2. The summed E-state index contributed by atoms with van der Waals surface area (Å²) in [6.45, 7) is 8.39. The Morgan fingerprint density at radius 1 is 1.37 bits per heavy atom. The van der Waals surface area contributed by atoms with Crippen LogP contribution in [0.15, 0.2) is 24.3 Å². The number of benzene rings is 1. The van der Waals surface area contributed by atoms with Gasteiger partial charge in [-0.2, -0.15) is 0 Å². The number of rotatable bonds is 6. The van der Waals surface area contributed by atoms with E-state index in [1.165, 1.54) is 5.56 Å². The van der Waals surface area contributed by atoms with Crippen LogP contribution >= 0.6 is 0 Å². The fourth-order valence-electron chi connectivity index (χ4n) is 2.72. The van der Waals surface area contributed by atoms with Gasteiger partial charge in [0.1, 0.15) is 5.75 Å². The highest BCUT2D eigenvalue weighted by molar-refractivity contribution is 5.27. The summed E-state index contributed by atoms with van der Waals surface area (Å²) in [5.74, 6) is 0.888. The summed E-state index contributed by atoms with van der Waals surface area (Å²) in [5, 5.41) is 3.52. The van der Waals surface area contributed by atoms with Gasteiger partial charge in [-0.1, -0.05) is 32.9 Å². The van der Waals surface area contributed by atoms with Crippen LogP contribution in [0.3, 0.4) is 0 Å². The molecule has 0 saturated heterocycles. The first-order valence-corrected chi connectivity index (χ1v) is 7.05. The van der Waals surface area contributed by atoms with E-state index >= 15 is 0 Å². The zero-order chi connectivity index (χ0) is 13.9. The molecule has 0 amide bonds. The van der Waals surface area contributed by atoms with Crippen LogP contribution in [0.5, 0.6) is 5.75 Å². The van der Waals surface area contributed by atoms with Crippen molar-refractivity contribution in [1.29, 1.82) is 0 Å². The summed E-state index contributed by atoms with van der Waals surface area (Å²) < 4.78 is 11.3. The molecule has 0 bridgehead atoms. The average molecular weight is 263 g/mol. The molecule has 0 aromatic heterocycles. The zero-order valence-electron chi connectivity index (χ0n) is 12.4. The standard InChI is InChI=1S/C16H25NO2/c1-5-17-14-10-15(16(14,2)3)19-11-12-7-6-8-13(9-12)18-4/h6-9,14-15,17H,5,10-11H2,1-4H3. The smallest absolute Gasteiger partial charge is 0.119 e. The molecule has 3 nitrogen and oxygen atoms in total. The van der Waals surface area contributed by atoms with Gasteiger partial charge in [-0.25, -0.2) is 0 Å². The van der Waals surface area contributed by atoms with Crippen LogP contribution in [-0.4, -0.2) is 25.8 Å². The van der Waals surface area contributed by atoms with Gasteiger partial charge in [0.05, 0.1) is 19.8 Å². The monoisotopic (exact) mass is 263 g/mol. The Balaban J connectivity index is 1.86. The summed E-state index contributed by atoms with van der Waals surface area (Å²) in [7, 11) is 1.69. The van der Waals surface area contributed by atoms with Crippen molar-refractivity contribution < 1.29 is 9.47 Å². The third kappa shape index (κ3) is 3.10. The van der Waals surface area contributed by atoms with Crippen LogP contribution in [-0.2, 0) is 11.3 Å². The van der Waals surface area contributed by atoms with E-state index in [1.54, 1.807) is 7.11 Å². The maximum absolute atomic E-state index is 6.06. The lowest BCUT2D eigenvalue weighted by Gasteiger charge is -2.52. The van der Waals surface area contributed by atoms with Gasteiger partial charge in [0, 0.05) is 11.5 Å². The second kappa shape index (κ2) is 5.93. The van der Waals surface area contributed by atoms with Crippen LogP contribution in [0, 0.1) is 5.41 Å². The first-order valence-electron chi connectivity index (χ1n) is 7.05. The summed E-state index contributed by atoms with van der Waals surface area (Å²) >= 11 is 0. The lowest BCUT2D eigenvalue weighted by molar-refractivity contribution is -0.124. The Morgan fingerprint density at radius 3 is 2.79 bits per heavy atom. The minimum absolute atomic E-state index is 0.217. The minimum Gasteiger partial charge on any atom is -0.497 e. The lowest BCUT2D eigenvalue weighted by Crippen LogP contribution is -2.60. The molecule has 0 heterocycles. The molecule has 1 aromatic rings. The summed E-state index contributed by atoms with van der Waals surface area (Å²) in [5.41, 5.74) is 1.39. The van der Waals surface area contributed by atoms with Crippen LogP contribution in [0.4, 0.5) is 0 Å². The maximum Gasteiger partial charge on any atom is 0.119 e. The first kappa shape index (κ1) is 14.4. The van der Waals surface area contributed by atoms with E-state index in [1.807, 2.05) is 18.2 Å². The molecule has 19 heavy (non-hydrogen) atoms. The molecule has 0 aliphatic heterocycles. The number of hydrogen-bond donors (Lipinski definition) is 1. The van der Waals surface area contributed by atoms with Crippen LogP contribution in [0.2, 0.25) is 0 Å². The average Bonchev–Trinajstić information content (AvgIpc) is 2.42. The highest BCUT2D eigenvalue weighted by atomic mass is 16.5. The Bertz CT molecular complexity index is 417. The van der Waals surface area contributed by atoms with Gasteiger partial charge in [-0.3, -0.25) is 0 Å². The van der Waals surface area contributed by atoms with Gasteiger partial charge >= 0.3 is 0 Å². The normalized spacial score (nSPS) is 24.8. The van der Waals surface area contributed by atoms with Gasteiger partial charge in [0.15, 0.2) is 0 Å². The van der Waals surface area contributed by atoms with E-state index in [9.17, 15) is 0 Å². The summed E-state index contributed by atoms with van der Waals surface area (Å²) in [6.07, 6.45) is 1.44. The Labute approximate surface area is 116 Å². The van der Waals surface area contributed by atoms with Crippen molar-refractivity contribution in [3.05, 3.63) is 29.8 Å². The largest absolute Gasteiger partial charge is 0.497 e. The van der Waals surface area contributed by atoms with E-state index in [0.717, 1.165) is 18.7 Å². The van der Waals surface area contributed by atoms with Crippen molar-refractivity contribution in [1.82, 2.24) is 5.32 Å². The van der Waals surface area contributed by atoms with Crippen LogP contribution < -0.4 is 10.1 Å². The van der Waals surface area contributed by atoms with E-state index in [-0.39, 0.29) is 5.41 Å². The van der Waals surface area contributed by atoms with E-state index < -0.39 is 0 Å². The second-order valence-electron chi connectivity index (χ2n) is 5.82. The third-order valence-electron chi connectivity index (χ3n) is 4.21. The van der Waals surface area contributed by atoms with Crippen molar-refractivity contribution in [3.63, 3.8) is 0 Å². The molecule has 3 heteroatoms. The molecule has 0 spiro atoms. The molecule has 2 rings (SSSR count). The molecule has 0 radical (unpaired) electrons. The van der Waals surface area contributed by atoms with Gasteiger partial charge in [-0.15, -0.1) is 0 Å². The van der Waals surface area contributed by atoms with Crippen LogP contribution in [0.1, 0.15) is 32.8 Å². The zero-order valence-corrected chi connectivity index (χ0v) is 12.4. The van der Waals surface area contributed by atoms with Crippen molar-refractivity contribution in [2.75, 3.05) is 13.7 Å². The molecular formula is C16H25NO2. The van der Waals surface area contributed by atoms with Crippen LogP contribution in [0.25, 0.3) is 0 Å². The van der Waals surface area contributed by atoms with Crippen molar-refractivity contribution in [2.24, 2.45) is 5.41 Å². The molecule has 1 saturated carbocycles. The molecule has 1 fully saturated rings. The van der Waals surface area contributed by atoms with Gasteiger partial charge in [0.25, 0.3) is 0 Å². The predicted octanol–water partition coefficient (Wildman–Crippen LogP) is 2.99. The Hall–Kier alpha value is -1.06. The summed E-state index contributed by atoms with van der Waals surface area (Å²) in [6, 6.07) is 8.65. The minimum atomic E-state index is 0.217. The SMILES string of the molecule is CCNC1CC(OCc2cccc(OC)c2)C1(C)C. The van der Waals surface area contributed by atoms with Gasteiger partial charge in [-0.05, 0) is 30.7 Å². The molecule has 2 unspecified atom stereocenters. The van der Waals surface area contributed by atoms with E-state index in [4.69, 9.17) is 9.47 Å². The van der Waals surface area contributed by atoms with Gasteiger partial charge in [0.2, 0.25) is 0 Å². The molecule has 2 atom stereocenters. The van der Waals surface area contributed by atoms with Crippen molar-refractivity contribution in [3.8, 4) is 5.75 Å². The highest BCUT2D eigenvalue weighted by Crippen LogP contribution is 2.43. The predicted molar refractivity (Wildman–Crippen MR) is 77.4 cm³/mol. The third-order valence-corrected chi connectivity index (χ3v) is 4.21. The quantitative estimate of drug-likeness (QED) is 0.856. The Kier molecular flexibility index (Phi) is 4.48. The first-order chi connectivity index (χ1) is 9.07. The number of methoxy groups -OCH3 is 1. The Morgan fingerprint density at radius 2 is 2.16 bits per heavy atom. The summed E-state index contributed by atoms with van der Waals surface area (Å²) in [4.78, 5) is 0. The molecule has 106 valence electrons. The highest BCUT2D eigenvalue weighted by Gasteiger charge is 2.48. The molecule has 1 aromatic carbocycles. The molecule has 1 N–H and O–H groups in total. The molecular weight excluding hydrogens is 238 g/mol. The van der Waals surface area contributed by atoms with Crippen molar-refractivity contribution >= 4 is 0 Å². The second-order valence-corrected chi connectivity index (χ2v) is 5.82. The van der Waals surface area contributed by atoms with E-state index in [2.05, 4.69) is 32.2 Å².